The Balaban J connectivity index is 1.69. The van der Waals surface area contributed by atoms with Crippen LogP contribution in [0.2, 0.25) is 10.0 Å². The zero-order chi connectivity index (χ0) is 18.0. The van der Waals surface area contributed by atoms with E-state index in [2.05, 4.69) is 10.6 Å². The molecule has 0 aliphatic heterocycles. The molecule has 0 atom stereocenters. The zero-order valence-electron chi connectivity index (χ0n) is 13.4. The van der Waals surface area contributed by atoms with Crippen molar-refractivity contribution in [2.75, 3.05) is 17.7 Å². The molecule has 7 heteroatoms. The van der Waals surface area contributed by atoms with Gasteiger partial charge in [0, 0.05) is 16.4 Å². The first-order chi connectivity index (χ1) is 11.9. The number of methoxy groups -OCH3 is 1. The number of ether oxygens (including phenoxy) is 1. The van der Waals surface area contributed by atoms with Crippen LogP contribution in [0.4, 0.5) is 11.4 Å². The SMILES string of the molecule is COc1ccc(NC(=O)C2(C(=O)Nc3ccc(Cl)cc3)CC2)cc1Cl. The molecular weight excluding hydrogens is 363 g/mol. The normalized spacial score (nSPS) is 14.5. The van der Waals surface area contributed by atoms with Crippen LogP contribution in [-0.4, -0.2) is 18.9 Å². The third kappa shape index (κ3) is 3.72. The third-order valence-electron chi connectivity index (χ3n) is 4.13. The van der Waals surface area contributed by atoms with Crippen LogP contribution in [0.1, 0.15) is 12.8 Å². The monoisotopic (exact) mass is 378 g/mol. The molecule has 25 heavy (non-hydrogen) atoms. The summed E-state index contributed by atoms with van der Waals surface area (Å²) in [4.78, 5) is 25.1. The van der Waals surface area contributed by atoms with E-state index in [4.69, 9.17) is 27.9 Å². The molecule has 5 nitrogen and oxygen atoms in total. The first-order valence-corrected chi connectivity index (χ1v) is 8.42. The highest BCUT2D eigenvalue weighted by atomic mass is 35.5. The number of benzene rings is 2. The first kappa shape index (κ1) is 17.6. The van der Waals surface area contributed by atoms with Crippen molar-refractivity contribution in [1.29, 1.82) is 0 Å². The van der Waals surface area contributed by atoms with E-state index in [-0.39, 0.29) is 11.8 Å². The van der Waals surface area contributed by atoms with Gasteiger partial charge >= 0.3 is 0 Å². The van der Waals surface area contributed by atoms with Gasteiger partial charge in [0.1, 0.15) is 11.2 Å². The highest BCUT2D eigenvalue weighted by Crippen LogP contribution is 2.47. The standard InChI is InChI=1S/C18H16Cl2N2O3/c1-25-15-7-6-13(10-14(15)20)22-17(24)18(8-9-18)16(23)21-12-4-2-11(19)3-5-12/h2-7,10H,8-9H2,1H3,(H,21,23)(H,22,24). The summed E-state index contributed by atoms with van der Waals surface area (Å²) in [7, 11) is 1.51. The second kappa shape index (κ2) is 6.94. The molecular formula is C18H16Cl2N2O3. The number of carbonyl (C=O) groups excluding carboxylic acids is 2. The molecule has 2 aromatic rings. The highest BCUT2D eigenvalue weighted by Gasteiger charge is 2.56. The average Bonchev–Trinajstić information content (AvgIpc) is 3.39. The van der Waals surface area contributed by atoms with Gasteiger partial charge in [-0.3, -0.25) is 9.59 Å². The molecule has 0 unspecified atom stereocenters. The van der Waals surface area contributed by atoms with E-state index < -0.39 is 5.41 Å². The van der Waals surface area contributed by atoms with Gasteiger partial charge in [-0.25, -0.2) is 0 Å². The Kier molecular flexibility index (Phi) is 4.88. The minimum absolute atomic E-state index is 0.327. The van der Waals surface area contributed by atoms with Crippen molar-refractivity contribution in [1.82, 2.24) is 0 Å². The van der Waals surface area contributed by atoms with Crippen molar-refractivity contribution in [2.24, 2.45) is 5.41 Å². The zero-order valence-corrected chi connectivity index (χ0v) is 14.9. The summed E-state index contributed by atoms with van der Waals surface area (Å²) >= 11 is 11.9. The van der Waals surface area contributed by atoms with Crippen LogP contribution < -0.4 is 15.4 Å². The van der Waals surface area contributed by atoms with Gasteiger partial charge in [-0.2, -0.15) is 0 Å². The van der Waals surface area contributed by atoms with Gasteiger partial charge in [0.05, 0.1) is 12.1 Å². The number of rotatable bonds is 5. The highest BCUT2D eigenvalue weighted by molar-refractivity contribution is 6.32. The summed E-state index contributed by atoms with van der Waals surface area (Å²) in [6.07, 6.45) is 1.00. The fraction of sp³-hybridized carbons (Fsp3) is 0.222. The van der Waals surface area contributed by atoms with Crippen LogP contribution in [0.25, 0.3) is 0 Å². The van der Waals surface area contributed by atoms with Crippen LogP contribution in [0.5, 0.6) is 5.75 Å². The maximum absolute atomic E-state index is 12.6. The summed E-state index contributed by atoms with van der Waals surface area (Å²) in [6, 6.07) is 11.7. The van der Waals surface area contributed by atoms with E-state index >= 15 is 0 Å². The molecule has 0 heterocycles. The molecule has 2 amide bonds. The molecule has 0 radical (unpaired) electrons. The van der Waals surface area contributed by atoms with Gasteiger partial charge < -0.3 is 15.4 Å². The van der Waals surface area contributed by atoms with Gasteiger partial charge in [-0.05, 0) is 55.3 Å². The predicted molar refractivity (Wildman–Crippen MR) is 98.4 cm³/mol. The number of amides is 2. The van der Waals surface area contributed by atoms with Crippen LogP contribution in [0.15, 0.2) is 42.5 Å². The lowest BCUT2D eigenvalue weighted by Gasteiger charge is -2.16. The van der Waals surface area contributed by atoms with Gasteiger partial charge in [-0.1, -0.05) is 23.2 Å². The fourth-order valence-electron chi connectivity index (χ4n) is 2.46. The quantitative estimate of drug-likeness (QED) is 0.759. The van der Waals surface area contributed by atoms with Gasteiger partial charge in [0.25, 0.3) is 0 Å². The number of anilines is 2. The van der Waals surface area contributed by atoms with Crippen molar-refractivity contribution in [3.8, 4) is 5.75 Å². The van der Waals surface area contributed by atoms with Crippen molar-refractivity contribution in [3.05, 3.63) is 52.5 Å². The first-order valence-electron chi connectivity index (χ1n) is 7.67. The molecule has 1 aliphatic carbocycles. The van der Waals surface area contributed by atoms with Gasteiger partial charge in [0.2, 0.25) is 11.8 Å². The second-order valence-electron chi connectivity index (χ2n) is 5.85. The number of halogens is 2. The lowest BCUT2D eigenvalue weighted by Crippen LogP contribution is -2.35. The Morgan fingerprint density at radius 2 is 1.52 bits per heavy atom. The molecule has 0 bridgehead atoms. The Bertz CT molecular complexity index is 818. The topological polar surface area (TPSA) is 67.4 Å². The number of hydrogen-bond acceptors (Lipinski definition) is 3. The third-order valence-corrected chi connectivity index (χ3v) is 4.68. The van der Waals surface area contributed by atoms with Gasteiger partial charge in [-0.15, -0.1) is 0 Å². The Morgan fingerprint density at radius 3 is 2.04 bits per heavy atom. The van der Waals surface area contributed by atoms with E-state index in [9.17, 15) is 9.59 Å². The van der Waals surface area contributed by atoms with E-state index in [1.807, 2.05) is 0 Å². The van der Waals surface area contributed by atoms with Crippen molar-refractivity contribution in [2.45, 2.75) is 12.8 Å². The van der Waals surface area contributed by atoms with Gasteiger partial charge in [0.15, 0.2) is 0 Å². The van der Waals surface area contributed by atoms with Crippen molar-refractivity contribution in [3.63, 3.8) is 0 Å². The second-order valence-corrected chi connectivity index (χ2v) is 6.69. The molecule has 0 saturated heterocycles. The summed E-state index contributed by atoms with van der Waals surface area (Å²) in [5.41, 5.74) is 0.0637. The molecule has 2 aromatic carbocycles. The number of carbonyl (C=O) groups is 2. The molecule has 1 saturated carbocycles. The van der Waals surface area contributed by atoms with Crippen molar-refractivity contribution >= 4 is 46.4 Å². The van der Waals surface area contributed by atoms with Crippen molar-refractivity contribution < 1.29 is 14.3 Å². The molecule has 0 spiro atoms. The lowest BCUT2D eigenvalue weighted by atomic mass is 10.0. The minimum Gasteiger partial charge on any atom is -0.495 e. The maximum Gasteiger partial charge on any atom is 0.240 e. The van der Waals surface area contributed by atoms with Crippen LogP contribution in [0.3, 0.4) is 0 Å². The fourth-order valence-corrected chi connectivity index (χ4v) is 2.84. The molecule has 0 aromatic heterocycles. The average molecular weight is 379 g/mol. The van der Waals surface area contributed by atoms with E-state index in [1.54, 1.807) is 42.5 Å². The molecule has 3 rings (SSSR count). The van der Waals surface area contributed by atoms with E-state index in [0.717, 1.165) is 0 Å². The maximum atomic E-state index is 12.6. The molecule has 1 aliphatic rings. The smallest absolute Gasteiger partial charge is 0.240 e. The molecule has 1 fully saturated rings. The van der Waals surface area contributed by atoms with E-state index in [0.29, 0.717) is 40.0 Å². The number of hydrogen-bond donors (Lipinski definition) is 2. The summed E-state index contributed by atoms with van der Waals surface area (Å²) in [6.45, 7) is 0. The lowest BCUT2D eigenvalue weighted by molar-refractivity contribution is -0.131. The van der Waals surface area contributed by atoms with Crippen LogP contribution in [0, 0.1) is 5.41 Å². The molecule has 2 N–H and O–H groups in total. The predicted octanol–water partition coefficient (Wildman–Crippen LogP) is 4.36. The summed E-state index contributed by atoms with van der Waals surface area (Å²) in [5, 5.41) is 6.48. The largest absolute Gasteiger partial charge is 0.495 e. The molecule has 130 valence electrons. The Hall–Kier alpha value is -2.24. The summed E-state index contributed by atoms with van der Waals surface area (Å²) in [5.74, 6) is -0.159. The van der Waals surface area contributed by atoms with E-state index in [1.165, 1.54) is 7.11 Å². The number of nitrogens with one attached hydrogen (secondary N) is 2. The van der Waals surface area contributed by atoms with Crippen LogP contribution in [-0.2, 0) is 9.59 Å². The van der Waals surface area contributed by atoms with Crippen LogP contribution >= 0.6 is 23.2 Å². The Morgan fingerprint density at radius 1 is 0.960 bits per heavy atom. The minimum atomic E-state index is -1.05. The summed E-state index contributed by atoms with van der Waals surface area (Å²) < 4.78 is 5.08. The Labute approximate surface area is 155 Å².